The molecule has 0 spiro atoms. The van der Waals surface area contributed by atoms with Gasteiger partial charge in [-0.2, -0.15) is 0 Å². The van der Waals surface area contributed by atoms with Crippen molar-refractivity contribution in [1.29, 1.82) is 0 Å². The lowest BCUT2D eigenvalue weighted by atomic mass is 10.2. The number of hydrogen-bond acceptors (Lipinski definition) is 2. The fourth-order valence-corrected chi connectivity index (χ4v) is 0.680. The van der Waals surface area contributed by atoms with Crippen LogP contribution in [0.1, 0.15) is 20.3 Å². The van der Waals surface area contributed by atoms with E-state index in [1.165, 1.54) is 0 Å². The Hall–Kier alpha value is -1.31. The van der Waals surface area contributed by atoms with E-state index in [9.17, 15) is 4.79 Å². The van der Waals surface area contributed by atoms with Crippen LogP contribution >= 0.6 is 0 Å². The Morgan fingerprint density at radius 2 is 2.15 bits per heavy atom. The first-order chi connectivity index (χ1) is 6.11. The zero-order chi connectivity index (χ0) is 10.3. The average molecular weight is 180 g/mol. The third-order valence-corrected chi connectivity index (χ3v) is 1.42. The van der Waals surface area contributed by atoms with Crippen molar-refractivity contribution in [3.05, 3.63) is 36.5 Å². The lowest BCUT2D eigenvalue weighted by Gasteiger charge is -2.02. The molecular weight excluding hydrogens is 164 g/mol. The third kappa shape index (κ3) is 5.01. The summed E-state index contributed by atoms with van der Waals surface area (Å²) in [6, 6.07) is 0. The van der Waals surface area contributed by atoms with Gasteiger partial charge in [-0.3, -0.25) is 0 Å². The summed E-state index contributed by atoms with van der Waals surface area (Å²) in [5.74, 6) is -0.358. The summed E-state index contributed by atoms with van der Waals surface area (Å²) in [4.78, 5) is 11.2. The van der Waals surface area contributed by atoms with Gasteiger partial charge < -0.3 is 4.74 Å². The monoisotopic (exact) mass is 180 g/mol. The van der Waals surface area contributed by atoms with Gasteiger partial charge in [0.15, 0.2) is 0 Å². The van der Waals surface area contributed by atoms with Crippen LogP contribution in [0, 0.1) is 0 Å². The third-order valence-electron chi connectivity index (χ3n) is 1.42. The minimum Gasteiger partial charge on any atom is -0.462 e. The predicted octanol–water partition coefficient (Wildman–Crippen LogP) is 2.63. The molecule has 0 atom stereocenters. The van der Waals surface area contributed by atoms with E-state index in [0.717, 1.165) is 12.0 Å². The maximum absolute atomic E-state index is 11.2. The maximum Gasteiger partial charge on any atom is 0.337 e. The highest BCUT2D eigenvalue weighted by Gasteiger charge is 2.04. The molecule has 0 aliphatic heterocycles. The van der Waals surface area contributed by atoms with Crippen molar-refractivity contribution in [2.75, 3.05) is 6.61 Å². The molecule has 0 rings (SSSR count). The van der Waals surface area contributed by atoms with Gasteiger partial charge in [0.1, 0.15) is 0 Å². The Bertz CT molecular complexity index is 236. The van der Waals surface area contributed by atoms with Crippen LogP contribution < -0.4 is 0 Å². The van der Waals surface area contributed by atoms with Crippen molar-refractivity contribution >= 4 is 5.97 Å². The van der Waals surface area contributed by atoms with Crippen molar-refractivity contribution < 1.29 is 9.53 Å². The van der Waals surface area contributed by atoms with Crippen LogP contribution in [0.3, 0.4) is 0 Å². The Kier molecular flexibility index (Phi) is 5.60. The number of hydrogen-bond donors (Lipinski definition) is 0. The molecule has 2 heteroatoms. The summed E-state index contributed by atoms with van der Waals surface area (Å²) in [5, 5.41) is 0. The summed E-state index contributed by atoms with van der Waals surface area (Å²) in [7, 11) is 0. The molecule has 0 bridgehead atoms. The van der Waals surface area contributed by atoms with Gasteiger partial charge in [-0.15, -0.1) is 0 Å². The SMILES string of the molecule is C=CC(C)=CC(=C)C(=O)OCCC. The maximum atomic E-state index is 11.2. The smallest absolute Gasteiger partial charge is 0.337 e. The van der Waals surface area contributed by atoms with Crippen LogP contribution in [0.2, 0.25) is 0 Å². The van der Waals surface area contributed by atoms with E-state index in [1.54, 1.807) is 12.2 Å². The first kappa shape index (κ1) is 11.7. The molecule has 0 heterocycles. The summed E-state index contributed by atoms with van der Waals surface area (Å²) in [6.45, 7) is 11.4. The number of rotatable bonds is 5. The molecule has 0 aliphatic carbocycles. The number of allylic oxidation sites excluding steroid dienone is 2. The van der Waals surface area contributed by atoms with E-state index in [-0.39, 0.29) is 5.97 Å². The molecule has 0 aromatic carbocycles. The highest BCUT2D eigenvalue weighted by atomic mass is 16.5. The lowest BCUT2D eigenvalue weighted by molar-refractivity contribution is -0.138. The molecule has 0 N–H and O–H groups in total. The fourth-order valence-electron chi connectivity index (χ4n) is 0.680. The summed E-state index contributed by atoms with van der Waals surface area (Å²) in [6.07, 6.45) is 4.15. The molecular formula is C11H16O2. The van der Waals surface area contributed by atoms with Gasteiger partial charge in [0, 0.05) is 0 Å². The second-order valence-corrected chi connectivity index (χ2v) is 2.75. The van der Waals surface area contributed by atoms with Crippen molar-refractivity contribution in [2.45, 2.75) is 20.3 Å². The van der Waals surface area contributed by atoms with Crippen molar-refractivity contribution in [1.82, 2.24) is 0 Å². The van der Waals surface area contributed by atoms with Gasteiger partial charge in [0.05, 0.1) is 12.2 Å². The van der Waals surface area contributed by atoms with E-state index in [1.807, 2.05) is 13.8 Å². The molecule has 0 saturated heterocycles. The van der Waals surface area contributed by atoms with Gasteiger partial charge in [-0.25, -0.2) is 4.79 Å². The first-order valence-electron chi connectivity index (χ1n) is 4.28. The number of esters is 1. The van der Waals surface area contributed by atoms with Crippen LogP contribution in [0.5, 0.6) is 0 Å². The van der Waals surface area contributed by atoms with E-state index >= 15 is 0 Å². The lowest BCUT2D eigenvalue weighted by Crippen LogP contribution is -2.06. The Balaban J connectivity index is 4.11. The highest BCUT2D eigenvalue weighted by molar-refractivity contribution is 5.91. The minimum atomic E-state index is -0.358. The van der Waals surface area contributed by atoms with Crippen LogP contribution in [-0.4, -0.2) is 12.6 Å². The second-order valence-electron chi connectivity index (χ2n) is 2.75. The Morgan fingerprint density at radius 3 is 2.62 bits per heavy atom. The minimum absolute atomic E-state index is 0.358. The molecule has 13 heavy (non-hydrogen) atoms. The highest BCUT2D eigenvalue weighted by Crippen LogP contribution is 2.03. The molecule has 0 radical (unpaired) electrons. The second kappa shape index (κ2) is 6.23. The van der Waals surface area contributed by atoms with Gasteiger partial charge in [-0.1, -0.05) is 31.7 Å². The number of ether oxygens (including phenoxy) is 1. The quantitative estimate of drug-likeness (QED) is 0.369. The fraction of sp³-hybridized carbons (Fsp3) is 0.364. The normalized spacial score (nSPS) is 10.8. The molecule has 2 nitrogen and oxygen atoms in total. The zero-order valence-corrected chi connectivity index (χ0v) is 8.30. The zero-order valence-electron chi connectivity index (χ0n) is 8.30. The predicted molar refractivity (Wildman–Crippen MR) is 54.3 cm³/mol. The summed E-state index contributed by atoms with van der Waals surface area (Å²) < 4.78 is 4.88. The molecule has 0 aromatic heterocycles. The van der Waals surface area contributed by atoms with E-state index in [0.29, 0.717) is 12.2 Å². The molecule has 0 aliphatic rings. The standard InChI is InChI=1S/C11H16O2/c1-5-7-13-11(12)10(4)8-9(3)6-2/h6,8H,2,4-5,7H2,1,3H3. The van der Waals surface area contributed by atoms with Gasteiger partial charge >= 0.3 is 5.97 Å². The van der Waals surface area contributed by atoms with Crippen LogP contribution in [0.15, 0.2) is 36.5 Å². The largest absolute Gasteiger partial charge is 0.462 e. The topological polar surface area (TPSA) is 26.3 Å². The van der Waals surface area contributed by atoms with E-state index < -0.39 is 0 Å². The van der Waals surface area contributed by atoms with Crippen molar-refractivity contribution in [2.24, 2.45) is 0 Å². The Morgan fingerprint density at radius 1 is 1.54 bits per heavy atom. The summed E-state index contributed by atoms with van der Waals surface area (Å²) >= 11 is 0. The van der Waals surface area contributed by atoms with Gasteiger partial charge in [0.2, 0.25) is 0 Å². The van der Waals surface area contributed by atoms with Gasteiger partial charge in [0.25, 0.3) is 0 Å². The summed E-state index contributed by atoms with van der Waals surface area (Å²) in [5.41, 5.74) is 1.27. The van der Waals surface area contributed by atoms with Crippen molar-refractivity contribution in [3.8, 4) is 0 Å². The first-order valence-corrected chi connectivity index (χ1v) is 4.28. The average Bonchev–Trinajstić information content (AvgIpc) is 2.13. The van der Waals surface area contributed by atoms with Gasteiger partial charge in [-0.05, 0) is 19.4 Å². The van der Waals surface area contributed by atoms with E-state index in [4.69, 9.17) is 4.74 Å². The molecule has 0 saturated carbocycles. The number of carbonyl (C=O) groups is 1. The molecule has 0 amide bonds. The van der Waals surface area contributed by atoms with Crippen molar-refractivity contribution in [3.63, 3.8) is 0 Å². The van der Waals surface area contributed by atoms with Crippen LogP contribution in [0.4, 0.5) is 0 Å². The van der Waals surface area contributed by atoms with Crippen LogP contribution in [0.25, 0.3) is 0 Å². The Labute approximate surface area is 79.6 Å². The number of carbonyl (C=O) groups excluding carboxylic acids is 1. The van der Waals surface area contributed by atoms with Crippen LogP contribution in [-0.2, 0) is 9.53 Å². The molecule has 0 unspecified atom stereocenters. The molecule has 72 valence electrons. The van der Waals surface area contributed by atoms with E-state index in [2.05, 4.69) is 13.2 Å². The molecule has 0 fully saturated rings. The molecule has 0 aromatic rings.